The zero-order chi connectivity index (χ0) is 13.7. The monoisotopic (exact) mass is 332 g/mol. The van der Waals surface area contributed by atoms with Crippen molar-refractivity contribution in [2.45, 2.75) is 4.90 Å². The quantitative estimate of drug-likeness (QED) is 0.442. The van der Waals surface area contributed by atoms with E-state index in [1.165, 1.54) is 0 Å². The summed E-state index contributed by atoms with van der Waals surface area (Å²) in [6.07, 6.45) is 5.45. The Balaban J connectivity index is 2.14. The molecule has 0 fully saturated rings. The Morgan fingerprint density at radius 3 is 2.42 bits per heavy atom. The zero-order valence-electron chi connectivity index (χ0n) is 10.5. The minimum atomic E-state index is 0.0170. The molecule has 0 radical (unpaired) electrons. The number of carbonyl (C=O) groups is 1. The number of rotatable bonds is 4. The molecule has 0 N–H and O–H groups in total. The van der Waals surface area contributed by atoms with Gasteiger partial charge in [-0.1, -0.05) is 34.1 Å². The standard InChI is InChI=1S/C16H13BrOS/c1-19-14-9-6-13(7-10-14)16(18)11-8-12-4-2-3-5-15(12)17/h2-11H,1H3/b11-8+. The van der Waals surface area contributed by atoms with E-state index in [0.29, 0.717) is 5.56 Å². The number of ketones is 1. The fourth-order valence-corrected chi connectivity index (χ4v) is 2.45. The Morgan fingerprint density at radius 2 is 1.79 bits per heavy atom. The van der Waals surface area contributed by atoms with E-state index in [1.54, 1.807) is 17.8 Å². The van der Waals surface area contributed by atoms with Gasteiger partial charge >= 0.3 is 0 Å². The summed E-state index contributed by atoms with van der Waals surface area (Å²) < 4.78 is 0.983. The van der Waals surface area contributed by atoms with Crippen LogP contribution in [0.2, 0.25) is 0 Å². The number of hydrogen-bond donors (Lipinski definition) is 0. The van der Waals surface area contributed by atoms with E-state index in [9.17, 15) is 4.79 Å². The largest absolute Gasteiger partial charge is 0.289 e. The van der Waals surface area contributed by atoms with Crippen molar-refractivity contribution in [1.29, 1.82) is 0 Å². The Labute approximate surface area is 125 Å². The molecule has 2 rings (SSSR count). The highest BCUT2D eigenvalue weighted by molar-refractivity contribution is 9.10. The summed E-state index contributed by atoms with van der Waals surface area (Å²) in [7, 11) is 0. The molecule has 0 aromatic heterocycles. The number of hydrogen-bond acceptors (Lipinski definition) is 2. The number of allylic oxidation sites excluding steroid dienone is 1. The molecule has 0 unspecified atom stereocenters. The van der Waals surface area contributed by atoms with E-state index in [0.717, 1.165) is 14.9 Å². The van der Waals surface area contributed by atoms with Gasteiger partial charge in [-0.25, -0.2) is 0 Å². The van der Waals surface area contributed by atoms with E-state index in [1.807, 2.05) is 60.9 Å². The average molecular weight is 333 g/mol. The van der Waals surface area contributed by atoms with Crippen molar-refractivity contribution in [3.05, 3.63) is 70.2 Å². The van der Waals surface area contributed by atoms with Crippen LogP contribution in [0.1, 0.15) is 15.9 Å². The van der Waals surface area contributed by atoms with E-state index >= 15 is 0 Å². The molecule has 2 aromatic rings. The predicted octanol–water partition coefficient (Wildman–Crippen LogP) is 5.07. The molecule has 96 valence electrons. The lowest BCUT2D eigenvalue weighted by Crippen LogP contribution is -1.93. The van der Waals surface area contributed by atoms with Crippen LogP contribution in [0.4, 0.5) is 0 Å². The smallest absolute Gasteiger partial charge is 0.185 e. The van der Waals surface area contributed by atoms with Crippen LogP contribution in [0.25, 0.3) is 6.08 Å². The third-order valence-electron chi connectivity index (χ3n) is 2.69. The van der Waals surface area contributed by atoms with Gasteiger partial charge in [0.15, 0.2) is 5.78 Å². The summed E-state index contributed by atoms with van der Waals surface area (Å²) in [5.74, 6) is 0.0170. The molecule has 3 heteroatoms. The molecule has 0 heterocycles. The summed E-state index contributed by atoms with van der Waals surface area (Å²) in [6, 6.07) is 15.5. The van der Waals surface area contributed by atoms with Gasteiger partial charge in [-0.15, -0.1) is 11.8 Å². The van der Waals surface area contributed by atoms with E-state index in [-0.39, 0.29) is 5.78 Å². The van der Waals surface area contributed by atoms with Crippen LogP contribution in [0.15, 0.2) is 64.0 Å². The second-order valence-corrected chi connectivity index (χ2v) is 5.68. The van der Waals surface area contributed by atoms with Gasteiger partial charge in [-0.2, -0.15) is 0 Å². The lowest BCUT2D eigenvalue weighted by molar-refractivity contribution is 0.104. The van der Waals surface area contributed by atoms with Gasteiger partial charge in [0.1, 0.15) is 0 Å². The molecule has 0 aliphatic rings. The fourth-order valence-electron chi connectivity index (χ4n) is 1.63. The fraction of sp³-hybridized carbons (Fsp3) is 0.0625. The molecule has 2 aromatic carbocycles. The minimum Gasteiger partial charge on any atom is -0.289 e. The molecule has 19 heavy (non-hydrogen) atoms. The van der Waals surface area contributed by atoms with Gasteiger partial charge in [-0.05, 0) is 54.3 Å². The second kappa shape index (κ2) is 6.73. The molecule has 0 amide bonds. The van der Waals surface area contributed by atoms with Crippen LogP contribution in [0.3, 0.4) is 0 Å². The van der Waals surface area contributed by atoms with Gasteiger partial charge in [0.05, 0.1) is 0 Å². The lowest BCUT2D eigenvalue weighted by atomic mass is 10.1. The minimum absolute atomic E-state index is 0.0170. The van der Waals surface area contributed by atoms with Crippen LogP contribution in [0, 0.1) is 0 Å². The number of benzene rings is 2. The van der Waals surface area contributed by atoms with Crippen molar-refractivity contribution in [3.63, 3.8) is 0 Å². The highest BCUT2D eigenvalue weighted by atomic mass is 79.9. The molecule has 0 saturated heterocycles. The molecule has 0 atom stereocenters. The van der Waals surface area contributed by atoms with Crippen molar-refractivity contribution >= 4 is 39.6 Å². The summed E-state index contributed by atoms with van der Waals surface area (Å²) in [4.78, 5) is 13.2. The first-order valence-corrected chi connectivity index (χ1v) is 7.83. The van der Waals surface area contributed by atoms with Crippen LogP contribution in [-0.4, -0.2) is 12.0 Å². The van der Waals surface area contributed by atoms with Crippen LogP contribution < -0.4 is 0 Å². The van der Waals surface area contributed by atoms with Gasteiger partial charge in [0.25, 0.3) is 0 Å². The Hall–Kier alpha value is -1.32. The van der Waals surface area contributed by atoms with Gasteiger partial charge < -0.3 is 0 Å². The number of halogens is 1. The first-order chi connectivity index (χ1) is 9.20. The summed E-state index contributed by atoms with van der Waals surface area (Å²) in [5, 5.41) is 0. The molecule has 1 nitrogen and oxygen atoms in total. The molecule has 0 spiro atoms. The van der Waals surface area contributed by atoms with Crippen molar-refractivity contribution in [1.82, 2.24) is 0 Å². The topological polar surface area (TPSA) is 17.1 Å². The van der Waals surface area contributed by atoms with Crippen molar-refractivity contribution in [2.24, 2.45) is 0 Å². The first-order valence-electron chi connectivity index (χ1n) is 5.81. The molecular formula is C16H13BrOS. The van der Waals surface area contributed by atoms with Gasteiger partial charge in [0.2, 0.25) is 0 Å². The molecule has 0 saturated carbocycles. The highest BCUT2D eigenvalue weighted by Gasteiger charge is 2.02. The van der Waals surface area contributed by atoms with Gasteiger partial charge in [0, 0.05) is 14.9 Å². The van der Waals surface area contributed by atoms with Crippen LogP contribution in [0.5, 0.6) is 0 Å². The lowest BCUT2D eigenvalue weighted by Gasteiger charge is -1.99. The SMILES string of the molecule is CSc1ccc(C(=O)/C=C/c2ccccc2Br)cc1. The van der Waals surface area contributed by atoms with Crippen molar-refractivity contribution < 1.29 is 4.79 Å². The molecule has 0 bridgehead atoms. The predicted molar refractivity (Wildman–Crippen MR) is 85.7 cm³/mol. The maximum absolute atomic E-state index is 12.0. The number of thioether (sulfide) groups is 1. The summed E-state index contributed by atoms with van der Waals surface area (Å²) in [6.45, 7) is 0. The third kappa shape index (κ3) is 3.82. The van der Waals surface area contributed by atoms with Gasteiger partial charge in [-0.3, -0.25) is 4.79 Å². The van der Waals surface area contributed by atoms with E-state index < -0.39 is 0 Å². The van der Waals surface area contributed by atoms with Crippen molar-refractivity contribution in [2.75, 3.05) is 6.26 Å². The average Bonchev–Trinajstić information content (AvgIpc) is 2.46. The zero-order valence-corrected chi connectivity index (χ0v) is 12.9. The molecule has 0 aliphatic heterocycles. The normalized spacial score (nSPS) is 10.8. The summed E-state index contributed by atoms with van der Waals surface area (Å²) in [5.41, 5.74) is 1.71. The maximum atomic E-state index is 12.0. The summed E-state index contributed by atoms with van der Waals surface area (Å²) >= 11 is 5.12. The van der Waals surface area contributed by atoms with E-state index in [4.69, 9.17) is 0 Å². The highest BCUT2D eigenvalue weighted by Crippen LogP contribution is 2.18. The van der Waals surface area contributed by atoms with E-state index in [2.05, 4.69) is 15.9 Å². The van der Waals surface area contributed by atoms with Crippen LogP contribution >= 0.6 is 27.7 Å². The van der Waals surface area contributed by atoms with Crippen molar-refractivity contribution in [3.8, 4) is 0 Å². The molecular weight excluding hydrogens is 320 g/mol. The Morgan fingerprint density at radius 1 is 1.11 bits per heavy atom. The first kappa shape index (κ1) is 14.1. The Bertz CT molecular complexity index is 602. The maximum Gasteiger partial charge on any atom is 0.185 e. The second-order valence-electron chi connectivity index (χ2n) is 3.95. The Kier molecular flexibility index (Phi) is 5.00. The van der Waals surface area contributed by atoms with Crippen LogP contribution in [-0.2, 0) is 0 Å². The molecule has 0 aliphatic carbocycles. The third-order valence-corrected chi connectivity index (χ3v) is 4.16. The number of carbonyl (C=O) groups excluding carboxylic acids is 1.